The first-order chi connectivity index (χ1) is 12.3. The molecule has 26 heavy (non-hydrogen) atoms. The van der Waals surface area contributed by atoms with Gasteiger partial charge < -0.3 is 5.32 Å². The molecule has 0 saturated carbocycles. The minimum absolute atomic E-state index is 0.172. The van der Waals surface area contributed by atoms with E-state index in [2.05, 4.69) is 26.3 Å². The van der Waals surface area contributed by atoms with Crippen LogP contribution in [0.4, 0.5) is 5.82 Å². The van der Waals surface area contributed by atoms with Crippen molar-refractivity contribution in [3.05, 3.63) is 46.6 Å². The highest BCUT2D eigenvalue weighted by Gasteiger charge is 2.30. The molecule has 7 nitrogen and oxygen atoms in total. The lowest BCUT2D eigenvalue weighted by Gasteiger charge is -2.30. The first kappa shape index (κ1) is 19.1. The van der Waals surface area contributed by atoms with Crippen LogP contribution in [0.3, 0.4) is 0 Å². The van der Waals surface area contributed by atoms with Gasteiger partial charge in [0.1, 0.15) is 5.82 Å². The van der Waals surface area contributed by atoms with Gasteiger partial charge in [-0.1, -0.05) is 28.1 Å². The summed E-state index contributed by atoms with van der Waals surface area (Å²) in [6.45, 7) is 1.23. The lowest BCUT2D eigenvalue weighted by atomic mass is 9.99. The normalized spacial score (nSPS) is 18.6. The predicted octanol–water partition coefficient (Wildman–Crippen LogP) is 2.30. The van der Waals surface area contributed by atoms with Crippen LogP contribution in [-0.2, 0) is 21.4 Å². The monoisotopic (exact) mass is 440 g/mol. The first-order valence-corrected chi connectivity index (χ1v) is 11.0. The summed E-state index contributed by atoms with van der Waals surface area (Å²) < 4.78 is 27.5. The maximum absolute atomic E-state index is 12.6. The molecule has 1 amide bonds. The second-order valence-electron chi connectivity index (χ2n) is 6.45. The maximum Gasteiger partial charge on any atom is 0.229 e. The van der Waals surface area contributed by atoms with E-state index in [4.69, 9.17) is 0 Å². The van der Waals surface area contributed by atoms with Crippen molar-refractivity contribution in [3.8, 4) is 0 Å². The lowest BCUT2D eigenvalue weighted by Crippen LogP contribution is -2.43. The number of nitrogens with one attached hydrogen (secondary N) is 1. The topological polar surface area (TPSA) is 84.3 Å². The number of rotatable bonds is 5. The van der Waals surface area contributed by atoms with Crippen molar-refractivity contribution in [2.24, 2.45) is 5.92 Å². The third-order valence-electron chi connectivity index (χ3n) is 4.41. The predicted molar refractivity (Wildman–Crippen MR) is 103 cm³/mol. The minimum Gasteiger partial charge on any atom is -0.311 e. The van der Waals surface area contributed by atoms with Gasteiger partial charge in [-0.05, 0) is 30.5 Å². The standard InChI is InChI=1S/C17H21BrN4O3S/c1-26(24,25)21-9-3-5-14(12-21)17(23)20-16-7-8-19-22(16)11-13-4-2-6-15(18)10-13/h2,4,6-8,10,14H,3,5,9,11-12H2,1H3,(H,20,23). The Bertz CT molecular complexity index is 897. The number of aromatic nitrogens is 2. The molecule has 0 bridgehead atoms. The number of hydrogen-bond acceptors (Lipinski definition) is 4. The van der Waals surface area contributed by atoms with Crippen LogP contribution in [0.25, 0.3) is 0 Å². The van der Waals surface area contributed by atoms with Crippen LogP contribution >= 0.6 is 15.9 Å². The highest BCUT2D eigenvalue weighted by Crippen LogP contribution is 2.21. The molecule has 1 aromatic carbocycles. The molecule has 2 aromatic rings. The van der Waals surface area contributed by atoms with Gasteiger partial charge in [-0.2, -0.15) is 5.10 Å². The molecule has 1 saturated heterocycles. The molecule has 1 aromatic heterocycles. The third kappa shape index (κ3) is 4.72. The van der Waals surface area contributed by atoms with Crippen molar-refractivity contribution in [2.75, 3.05) is 24.7 Å². The van der Waals surface area contributed by atoms with Crippen LogP contribution in [0.2, 0.25) is 0 Å². The van der Waals surface area contributed by atoms with Crippen molar-refractivity contribution < 1.29 is 13.2 Å². The van der Waals surface area contributed by atoms with E-state index in [0.29, 0.717) is 31.7 Å². The summed E-state index contributed by atoms with van der Waals surface area (Å²) in [5.74, 6) is 0.0773. The summed E-state index contributed by atoms with van der Waals surface area (Å²) in [5.41, 5.74) is 1.06. The highest BCUT2D eigenvalue weighted by atomic mass is 79.9. The number of piperidine rings is 1. The molecule has 0 spiro atoms. The molecule has 2 heterocycles. The van der Waals surface area contributed by atoms with Crippen LogP contribution in [0, 0.1) is 5.92 Å². The second-order valence-corrected chi connectivity index (χ2v) is 9.35. The van der Waals surface area contributed by atoms with Gasteiger partial charge in [0.15, 0.2) is 0 Å². The Kier molecular flexibility index (Phi) is 5.79. The zero-order chi connectivity index (χ0) is 18.7. The second kappa shape index (κ2) is 7.89. The summed E-state index contributed by atoms with van der Waals surface area (Å²) in [4.78, 5) is 12.6. The maximum atomic E-state index is 12.6. The van der Waals surface area contributed by atoms with Crippen LogP contribution in [-0.4, -0.2) is 47.8 Å². The van der Waals surface area contributed by atoms with Crippen molar-refractivity contribution >= 4 is 37.7 Å². The van der Waals surface area contributed by atoms with Crippen molar-refractivity contribution in [2.45, 2.75) is 19.4 Å². The average Bonchev–Trinajstić information content (AvgIpc) is 3.01. The Hall–Kier alpha value is -1.71. The Labute approximate surface area is 161 Å². The first-order valence-electron chi connectivity index (χ1n) is 8.35. The molecule has 1 aliphatic heterocycles. The highest BCUT2D eigenvalue weighted by molar-refractivity contribution is 9.10. The number of carbonyl (C=O) groups is 1. The van der Waals surface area contributed by atoms with Gasteiger partial charge in [-0.15, -0.1) is 0 Å². The summed E-state index contributed by atoms with van der Waals surface area (Å²) in [6.07, 6.45) is 4.18. The number of nitrogens with zero attached hydrogens (tertiary/aromatic N) is 3. The van der Waals surface area contributed by atoms with Crippen LogP contribution < -0.4 is 5.32 Å². The molecular weight excluding hydrogens is 420 g/mol. The average molecular weight is 441 g/mol. The molecule has 140 valence electrons. The van der Waals surface area contributed by atoms with Gasteiger partial charge in [-0.3, -0.25) is 4.79 Å². The largest absolute Gasteiger partial charge is 0.311 e. The fourth-order valence-electron chi connectivity index (χ4n) is 3.06. The molecule has 1 N–H and O–H groups in total. The van der Waals surface area contributed by atoms with Crippen molar-refractivity contribution in [3.63, 3.8) is 0 Å². The SMILES string of the molecule is CS(=O)(=O)N1CCCC(C(=O)Nc2ccnn2Cc2cccc(Br)c2)C1. The molecule has 1 atom stereocenters. The Morgan fingerprint density at radius 3 is 2.92 bits per heavy atom. The third-order valence-corrected chi connectivity index (χ3v) is 6.18. The minimum atomic E-state index is -3.28. The van der Waals surface area contributed by atoms with E-state index in [1.807, 2.05) is 24.3 Å². The zero-order valence-electron chi connectivity index (χ0n) is 14.4. The van der Waals surface area contributed by atoms with Gasteiger partial charge in [0, 0.05) is 23.6 Å². The quantitative estimate of drug-likeness (QED) is 0.772. The number of benzene rings is 1. The molecule has 9 heteroatoms. The van der Waals surface area contributed by atoms with Crippen LogP contribution in [0.1, 0.15) is 18.4 Å². The number of amides is 1. The molecule has 1 aliphatic rings. The lowest BCUT2D eigenvalue weighted by molar-refractivity contribution is -0.120. The van der Waals surface area contributed by atoms with Crippen molar-refractivity contribution in [1.29, 1.82) is 0 Å². The van der Waals surface area contributed by atoms with Crippen molar-refractivity contribution in [1.82, 2.24) is 14.1 Å². The van der Waals surface area contributed by atoms with Gasteiger partial charge >= 0.3 is 0 Å². The van der Waals surface area contributed by atoms with Gasteiger partial charge in [0.25, 0.3) is 0 Å². The van der Waals surface area contributed by atoms with Gasteiger partial charge in [0.2, 0.25) is 15.9 Å². The molecular formula is C17H21BrN4O3S. The van der Waals surface area contributed by atoms with E-state index in [9.17, 15) is 13.2 Å². The van der Waals surface area contributed by atoms with Crippen LogP contribution in [0.15, 0.2) is 41.0 Å². The van der Waals surface area contributed by atoms with E-state index in [-0.39, 0.29) is 18.4 Å². The summed E-state index contributed by atoms with van der Waals surface area (Å²) in [5, 5.41) is 7.17. The number of hydrogen-bond donors (Lipinski definition) is 1. The molecule has 3 rings (SSSR count). The Balaban J connectivity index is 1.68. The van der Waals surface area contributed by atoms with E-state index < -0.39 is 10.0 Å². The Morgan fingerprint density at radius 2 is 2.19 bits per heavy atom. The van der Waals surface area contributed by atoms with Gasteiger partial charge in [0.05, 0.1) is 24.9 Å². The van der Waals surface area contributed by atoms with E-state index >= 15 is 0 Å². The Morgan fingerprint density at radius 1 is 1.38 bits per heavy atom. The number of anilines is 1. The number of halogens is 1. The molecule has 1 unspecified atom stereocenters. The number of carbonyl (C=O) groups excluding carboxylic acids is 1. The fraction of sp³-hybridized carbons (Fsp3) is 0.412. The van der Waals surface area contributed by atoms with E-state index in [1.54, 1.807) is 16.9 Å². The molecule has 0 radical (unpaired) electrons. The zero-order valence-corrected chi connectivity index (χ0v) is 16.8. The molecule has 0 aliphatic carbocycles. The molecule has 1 fully saturated rings. The van der Waals surface area contributed by atoms with E-state index in [0.717, 1.165) is 10.0 Å². The smallest absolute Gasteiger partial charge is 0.229 e. The number of sulfonamides is 1. The van der Waals surface area contributed by atoms with E-state index in [1.165, 1.54) is 10.6 Å². The summed E-state index contributed by atoms with van der Waals surface area (Å²) in [7, 11) is -3.28. The summed E-state index contributed by atoms with van der Waals surface area (Å²) in [6, 6.07) is 9.63. The summed E-state index contributed by atoms with van der Waals surface area (Å²) >= 11 is 3.45. The van der Waals surface area contributed by atoms with Crippen LogP contribution in [0.5, 0.6) is 0 Å². The fourth-order valence-corrected chi connectivity index (χ4v) is 4.42. The van der Waals surface area contributed by atoms with Gasteiger partial charge in [-0.25, -0.2) is 17.4 Å².